The summed E-state index contributed by atoms with van der Waals surface area (Å²) in [6.07, 6.45) is 9.24. The van der Waals surface area contributed by atoms with Crippen LogP contribution in [0.2, 0.25) is 0 Å². The SMILES string of the molecule is O=C(NCCCn1cccn1)C1CCCC1. The monoisotopic (exact) mass is 221 g/mol. The molecule has 0 aromatic carbocycles. The number of amides is 1. The van der Waals surface area contributed by atoms with Crippen molar-refractivity contribution in [3.8, 4) is 0 Å². The Hall–Kier alpha value is -1.32. The van der Waals surface area contributed by atoms with Crippen LogP contribution in [0, 0.1) is 5.92 Å². The van der Waals surface area contributed by atoms with Crippen molar-refractivity contribution in [1.82, 2.24) is 15.1 Å². The Bertz CT molecular complexity index is 315. The van der Waals surface area contributed by atoms with Crippen LogP contribution in [-0.4, -0.2) is 22.2 Å². The summed E-state index contributed by atoms with van der Waals surface area (Å²) < 4.78 is 1.89. The lowest BCUT2D eigenvalue weighted by molar-refractivity contribution is -0.124. The maximum absolute atomic E-state index is 11.7. The molecular formula is C12H19N3O. The van der Waals surface area contributed by atoms with E-state index in [2.05, 4.69) is 10.4 Å². The van der Waals surface area contributed by atoms with E-state index in [0.717, 1.165) is 32.4 Å². The van der Waals surface area contributed by atoms with Gasteiger partial charge in [0.1, 0.15) is 0 Å². The summed E-state index contributed by atoms with van der Waals surface area (Å²) in [6.45, 7) is 1.63. The molecule has 0 atom stereocenters. The molecule has 1 heterocycles. The molecule has 4 nitrogen and oxygen atoms in total. The van der Waals surface area contributed by atoms with Gasteiger partial charge in [0.2, 0.25) is 5.91 Å². The minimum Gasteiger partial charge on any atom is -0.356 e. The molecule has 1 saturated carbocycles. The predicted octanol–water partition coefficient (Wildman–Crippen LogP) is 1.58. The van der Waals surface area contributed by atoms with Gasteiger partial charge in [-0.05, 0) is 25.3 Å². The first kappa shape index (κ1) is 11.2. The number of carbonyl (C=O) groups excluding carboxylic acids is 1. The largest absolute Gasteiger partial charge is 0.356 e. The maximum Gasteiger partial charge on any atom is 0.223 e. The topological polar surface area (TPSA) is 46.9 Å². The van der Waals surface area contributed by atoms with E-state index in [1.165, 1.54) is 12.8 Å². The molecule has 1 aromatic rings. The van der Waals surface area contributed by atoms with Crippen molar-refractivity contribution in [1.29, 1.82) is 0 Å². The van der Waals surface area contributed by atoms with Crippen molar-refractivity contribution in [2.45, 2.75) is 38.6 Å². The van der Waals surface area contributed by atoms with Crippen LogP contribution in [0.25, 0.3) is 0 Å². The first-order chi connectivity index (χ1) is 7.86. The summed E-state index contributed by atoms with van der Waals surface area (Å²) in [4.78, 5) is 11.7. The van der Waals surface area contributed by atoms with Crippen LogP contribution in [0.3, 0.4) is 0 Å². The van der Waals surface area contributed by atoms with E-state index in [1.54, 1.807) is 6.20 Å². The molecule has 0 aliphatic heterocycles. The summed E-state index contributed by atoms with van der Waals surface area (Å²) in [5.74, 6) is 0.530. The van der Waals surface area contributed by atoms with Gasteiger partial charge in [-0.1, -0.05) is 12.8 Å². The average Bonchev–Trinajstić information content (AvgIpc) is 2.96. The predicted molar refractivity (Wildman–Crippen MR) is 61.8 cm³/mol. The summed E-state index contributed by atoms with van der Waals surface area (Å²) in [7, 11) is 0. The Kier molecular flexibility index (Phi) is 3.97. The minimum atomic E-state index is 0.248. The van der Waals surface area contributed by atoms with Crippen molar-refractivity contribution in [2.75, 3.05) is 6.54 Å². The van der Waals surface area contributed by atoms with Crippen LogP contribution in [0.15, 0.2) is 18.5 Å². The molecule has 1 aromatic heterocycles. The fourth-order valence-electron chi connectivity index (χ4n) is 2.22. The number of nitrogens with one attached hydrogen (secondary N) is 1. The second-order valence-electron chi connectivity index (χ2n) is 4.40. The minimum absolute atomic E-state index is 0.248. The van der Waals surface area contributed by atoms with E-state index < -0.39 is 0 Å². The second-order valence-corrected chi connectivity index (χ2v) is 4.40. The molecule has 0 spiro atoms. The molecule has 1 fully saturated rings. The standard InChI is InChI=1S/C12H19N3O/c16-12(11-5-1-2-6-11)13-7-3-9-15-10-4-8-14-15/h4,8,10-11H,1-3,5-7,9H2,(H,13,16). The molecule has 16 heavy (non-hydrogen) atoms. The fraction of sp³-hybridized carbons (Fsp3) is 0.667. The van der Waals surface area contributed by atoms with Gasteiger partial charge in [-0.3, -0.25) is 9.48 Å². The van der Waals surface area contributed by atoms with Gasteiger partial charge in [0.25, 0.3) is 0 Å². The highest BCUT2D eigenvalue weighted by Crippen LogP contribution is 2.24. The zero-order valence-corrected chi connectivity index (χ0v) is 9.56. The molecule has 0 saturated heterocycles. The molecule has 1 amide bonds. The number of aromatic nitrogens is 2. The highest BCUT2D eigenvalue weighted by molar-refractivity contribution is 5.78. The van der Waals surface area contributed by atoms with Gasteiger partial charge >= 0.3 is 0 Å². The lowest BCUT2D eigenvalue weighted by atomic mass is 10.1. The van der Waals surface area contributed by atoms with Crippen molar-refractivity contribution in [3.63, 3.8) is 0 Å². The van der Waals surface area contributed by atoms with E-state index >= 15 is 0 Å². The molecule has 0 unspecified atom stereocenters. The molecular weight excluding hydrogens is 202 g/mol. The number of rotatable bonds is 5. The maximum atomic E-state index is 11.7. The highest BCUT2D eigenvalue weighted by Gasteiger charge is 2.21. The molecule has 1 aliphatic rings. The smallest absolute Gasteiger partial charge is 0.223 e. The van der Waals surface area contributed by atoms with Crippen molar-refractivity contribution >= 4 is 5.91 Å². The van der Waals surface area contributed by atoms with E-state index in [-0.39, 0.29) is 11.8 Å². The van der Waals surface area contributed by atoms with Crippen molar-refractivity contribution in [2.24, 2.45) is 5.92 Å². The van der Waals surface area contributed by atoms with Gasteiger partial charge in [-0.25, -0.2) is 0 Å². The van der Waals surface area contributed by atoms with Gasteiger partial charge in [-0.2, -0.15) is 5.10 Å². The fourth-order valence-corrected chi connectivity index (χ4v) is 2.22. The molecule has 1 N–H and O–H groups in total. The summed E-state index contributed by atoms with van der Waals surface area (Å²) in [5.41, 5.74) is 0. The zero-order chi connectivity index (χ0) is 11.2. The van der Waals surface area contributed by atoms with E-state index in [0.29, 0.717) is 0 Å². The average molecular weight is 221 g/mol. The van der Waals surface area contributed by atoms with E-state index in [4.69, 9.17) is 0 Å². The van der Waals surface area contributed by atoms with Crippen LogP contribution in [0.1, 0.15) is 32.1 Å². The molecule has 2 rings (SSSR count). The summed E-state index contributed by atoms with van der Waals surface area (Å²) >= 11 is 0. The molecule has 88 valence electrons. The number of nitrogens with zero attached hydrogens (tertiary/aromatic N) is 2. The van der Waals surface area contributed by atoms with Crippen molar-refractivity contribution in [3.05, 3.63) is 18.5 Å². The van der Waals surface area contributed by atoms with Crippen LogP contribution in [0.4, 0.5) is 0 Å². The Balaban J connectivity index is 1.59. The second kappa shape index (κ2) is 5.68. The highest BCUT2D eigenvalue weighted by atomic mass is 16.1. The van der Waals surface area contributed by atoms with Crippen LogP contribution >= 0.6 is 0 Å². The lowest BCUT2D eigenvalue weighted by Gasteiger charge is -2.10. The summed E-state index contributed by atoms with van der Waals surface area (Å²) in [5, 5.41) is 7.12. The van der Waals surface area contributed by atoms with Crippen LogP contribution in [-0.2, 0) is 11.3 Å². The molecule has 1 aliphatic carbocycles. The first-order valence-electron chi connectivity index (χ1n) is 6.11. The van der Waals surface area contributed by atoms with Gasteiger partial charge in [0, 0.05) is 31.4 Å². The third-order valence-electron chi connectivity index (χ3n) is 3.15. The lowest BCUT2D eigenvalue weighted by Crippen LogP contribution is -2.30. The Morgan fingerprint density at radius 2 is 2.25 bits per heavy atom. The van der Waals surface area contributed by atoms with Gasteiger partial charge in [0.05, 0.1) is 0 Å². The number of hydrogen-bond donors (Lipinski definition) is 1. The number of aryl methyl sites for hydroxylation is 1. The Labute approximate surface area is 96.0 Å². The van der Waals surface area contributed by atoms with E-state index in [1.807, 2.05) is 16.9 Å². The first-order valence-corrected chi connectivity index (χ1v) is 6.11. The van der Waals surface area contributed by atoms with Gasteiger partial charge < -0.3 is 5.32 Å². The van der Waals surface area contributed by atoms with E-state index in [9.17, 15) is 4.79 Å². The zero-order valence-electron chi connectivity index (χ0n) is 9.56. The molecule has 0 bridgehead atoms. The molecule has 0 radical (unpaired) electrons. The summed E-state index contributed by atoms with van der Waals surface area (Å²) in [6, 6.07) is 1.91. The van der Waals surface area contributed by atoms with Gasteiger partial charge in [-0.15, -0.1) is 0 Å². The third-order valence-corrected chi connectivity index (χ3v) is 3.15. The van der Waals surface area contributed by atoms with Gasteiger partial charge in [0.15, 0.2) is 0 Å². The number of hydrogen-bond acceptors (Lipinski definition) is 2. The Morgan fingerprint density at radius 3 is 2.94 bits per heavy atom. The Morgan fingerprint density at radius 1 is 1.44 bits per heavy atom. The quantitative estimate of drug-likeness (QED) is 0.767. The van der Waals surface area contributed by atoms with Crippen molar-refractivity contribution < 1.29 is 4.79 Å². The molecule has 4 heteroatoms. The van der Waals surface area contributed by atoms with Crippen LogP contribution in [0.5, 0.6) is 0 Å². The third kappa shape index (κ3) is 3.08. The van der Waals surface area contributed by atoms with Crippen LogP contribution < -0.4 is 5.32 Å². The normalized spacial score (nSPS) is 16.5. The number of carbonyl (C=O) groups is 1.